The number of hydrogen-bond acceptors (Lipinski definition) is 2. The van der Waals surface area contributed by atoms with E-state index >= 15 is 0 Å². The molecule has 1 N–H and O–H groups in total. The Labute approximate surface area is 80.4 Å². The van der Waals surface area contributed by atoms with Crippen molar-refractivity contribution in [3.05, 3.63) is 34.3 Å². The SMILES string of the molecule is Cc1ccc(C(Cl)=NO)c(Cl)c1. The summed E-state index contributed by atoms with van der Waals surface area (Å²) in [5.74, 6) is 0. The van der Waals surface area contributed by atoms with Crippen molar-refractivity contribution in [3.63, 3.8) is 0 Å². The van der Waals surface area contributed by atoms with E-state index in [1.54, 1.807) is 12.1 Å². The lowest BCUT2D eigenvalue weighted by atomic mass is 10.2. The summed E-state index contributed by atoms with van der Waals surface area (Å²) >= 11 is 11.4. The molecule has 1 aromatic rings. The standard InChI is InChI=1S/C8H7Cl2NO/c1-5-2-3-6(7(9)4-5)8(10)11-12/h2-4,12H,1H3. The number of rotatable bonds is 1. The van der Waals surface area contributed by atoms with Crippen LogP contribution in [-0.4, -0.2) is 10.4 Å². The number of benzene rings is 1. The molecule has 1 aromatic carbocycles. The first-order valence-electron chi connectivity index (χ1n) is 3.29. The van der Waals surface area contributed by atoms with Crippen LogP contribution in [0.25, 0.3) is 0 Å². The van der Waals surface area contributed by atoms with Gasteiger partial charge in [0.15, 0.2) is 5.17 Å². The highest BCUT2D eigenvalue weighted by Crippen LogP contribution is 2.19. The van der Waals surface area contributed by atoms with Crippen molar-refractivity contribution in [1.82, 2.24) is 0 Å². The summed E-state index contributed by atoms with van der Waals surface area (Å²) in [6.45, 7) is 1.92. The van der Waals surface area contributed by atoms with E-state index < -0.39 is 0 Å². The van der Waals surface area contributed by atoms with Gasteiger partial charge in [-0.15, -0.1) is 0 Å². The van der Waals surface area contributed by atoms with Gasteiger partial charge >= 0.3 is 0 Å². The molecule has 0 radical (unpaired) electrons. The topological polar surface area (TPSA) is 32.6 Å². The van der Waals surface area contributed by atoms with Crippen LogP contribution in [0.2, 0.25) is 5.02 Å². The second-order valence-electron chi connectivity index (χ2n) is 2.37. The predicted molar refractivity (Wildman–Crippen MR) is 50.4 cm³/mol. The van der Waals surface area contributed by atoms with Crippen molar-refractivity contribution in [3.8, 4) is 0 Å². The zero-order valence-corrected chi connectivity index (χ0v) is 7.89. The van der Waals surface area contributed by atoms with E-state index in [-0.39, 0.29) is 5.17 Å². The molecule has 1 rings (SSSR count). The Morgan fingerprint density at radius 1 is 1.50 bits per heavy atom. The Balaban J connectivity index is 3.18. The van der Waals surface area contributed by atoms with Crippen LogP contribution in [0.4, 0.5) is 0 Å². The zero-order valence-electron chi connectivity index (χ0n) is 6.38. The average Bonchev–Trinajstić information content (AvgIpc) is 2.03. The zero-order chi connectivity index (χ0) is 9.14. The fourth-order valence-electron chi connectivity index (χ4n) is 0.841. The first kappa shape index (κ1) is 9.36. The summed E-state index contributed by atoms with van der Waals surface area (Å²) in [5, 5.41) is 11.7. The van der Waals surface area contributed by atoms with Crippen LogP contribution in [0, 0.1) is 6.92 Å². The van der Waals surface area contributed by atoms with Gasteiger partial charge in [-0.3, -0.25) is 0 Å². The number of halogens is 2. The highest BCUT2D eigenvalue weighted by molar-refractivity contribution is 6.70. The van der Waals surface area contributed by atoms with E-state index in [1.165, 1.54) is 0 Å². The third kappa shape index (κ3) is 1.90. The maximum Gasteiger partial charge on any atom is 0.176 e. The minimum absolute atomic E-state index is 0.000000000000000444. The van der Waals surface area contributed by atoms with Gasteiger partial charge in [0, 0.05) is 5.56 Å². The van der Waals surface area contributed by atoms with Crippen molar-refractivity contribution in [1.29, 1.82) is 0 Å². The Morgan fingerprint density at radius 3 is 2.67 bits per heavy atom. The number of aryl methyl sites for hydroxylation is 1. The lowest BCUT2D eigenvalue weighted by molar-refractivity contribution is 0.321. The van der Waals surface area contributed by atoms with Crippen LogP contribution >= 0.6 is 23.2 Å². The maximum absolute atomic E-state index is 8.38. The molecular formula is C8H7Cl2NO. The van der Waals surface area contributed by atoms with E-state index in [9.17, 15) is 0 Å². The second-order valence-corrected chi connectivity index (χ2v) is 3.14. The summed E-state index contributed by atoms with van der Waals surface area (Å²) < 4.78 is 0. The highest BCUT2D eigenvalue weighted by atomic mass is 35.5. The Bertz CT molecular complexity index is 323. The van der Waals surface area contributed by atoms with Gasteiger partial charge in [0.1, 0.15) is 0 Å². The van der Waals surface area contributed by atoms with Crippen LogP contribution < -0.4 is 0 Å². The minimum atomic E-state index is 0.000000000000000444. The molecule has 0 heterocycles. The first-order valence-corrected chi connectivity index (χ1v) is 4.05. The number of oxime groups is 1. The third-order valence-corrected chi connectivity index (χ3v) is 2.03. The Kier molecular flexibility index (Phi) is 2.95. The molecule has 0 saturated heterocycles. The summed E-state index contributed by atoms with van der Waals surface area (Å²) in [6, 6.07) is 5.30. The molecule has 0 bridgehead atoms. The van der Waals surface area contributed by atoms with Crippen LogP contribution in [0.5, 0.6) is 0 Å². The molecule has 0 aliphatic heterocycles. The van der Waals surface area contributed by atoms with E-state index in [2.05, 4.69) is 5.16 Å². The second kappa shape index (κ2) is 3.78. The van der Waals surface area contributed by atoms with Gasteiger partial charge < -0.3 is 5.21 Å². The number of hydrogen-bond donors (Lipinski definition) is 1. The molecule has 0 aliphatic carbocycles. The summed E-state index contributed by atoms with van der Waals surface area (Å²) in [7, 11) is 0. The molecule has 12 heavy (non-hydrogen) atoms. The Morgan fingerprint density at radius 2 is 2.17 bits per heavy atom. The largest absolute Gasteiger partial charge is 0.410 e. The van der Waals surface area contributed by atoms with Crippen LogP contribution in [0.3, 0.4) is 0 Å². The minimum Gasteiger partial charge on any atom is -0.410 e. The van der Waals surface area contributed by atoms with E-state index in [0.29, 0.717) is 10.6 Å². The molecule has 0 fully saturated rings. The molecule has 0 amide bonds. The van der Waals surface area contributed by atoms with Gasteiger partial charge in [-0.2, -0.15) is 0 Å². The van der Waals surface area contributed by atoms with Crippen LogP contribution in [-0.2, 0) is 0 Å². The molecular weight excluding hydrogens is 197 g/mol. The van der Waals surface area contributed by atoms with Gasteiger partial charge in [-0.25, -0.2) is 0 Å². The van der Waals surface area contributed by atoms with Crippen molar-refractivity contribution in [2.45, 2.75) is 6.92 Å². The van der Waals surface area contributed by atoms with Gasteiger partial charge in [0.2, 0.25) is 0 Å². The monoisotopic (exact) mass is 203 g/mol. The molecule has 64 valence electrons. The first-order chi connectivity index (χ1) is 5.65. The summed E-state index contributed by atoms with van der Waals surface area (Å²) in [4.78, 5) is 0. The average molecular weight is 204 g/mol. The molecule has 0 atom stereocenters. The quantitative estimate of drug-likeness (QED) is 0.425. The van der Waals surface area contributed by atoms with Crippen molar-refractivity contribution in [2.75, 3.05) is 0 Å². The summed E-state index contributed by atoms with van der Waals surface area (Å²) in [5.41, 5.74) is 1.57. The van der Waals surface area contributed by atoms with Gasteiger partial charge in [-0.1, -0.05) is 34.4 Å². The van der Waals surface area contributed by atoms with Crippen LogP contribution in [0.1, 0.15) is 11.1 Å². The van der Waals surface area contributed by atoms with E-state index in [4.69, 9.17) is 28.4 Å². The van der Waals surface area contributed by atoms with E-state index in [0.717, 1.165) is 5.56 Å². The lowest BCUT2D eigenvalue weighted by Gasteiger charge is -2.00. The molecule has 0 unspecified atom stereocenters. The summed E-state index contributed by atoms with van der Waals surface area (Å²) in [6.07, 6.45) is 0. The molecule has 4 heteroatoms. The van der Waals surface area contributed by atoms with Gasteiger partial charge in [0.05, 0.1) is 5.02 Å². The van der Waals surface area contributed by atoms with Crippen molar-refractivity contribution in [2.24, 2.45) is 5.16 Å². The van der Waals surface area contributed by atoms with Crippen molar-refractivity contribution >= 4 is 28.4 Å². The fraction of sp³-hybridized carbons (Fsp3) is 0.125. The fourth-order valence-corrected chi connectivity index (χ4v) is 1.38. The van der Waals surface area contributed by atoms with Gasteiger partial charge in [-0.05, 0) is 24.6 Å². The van der Waals surface area contributed by atoms with Gasteiger partial charge in [0.25, 0.3) is 0 Å². The molecule has 0 aliphatic rings. The maximum atomic E-state index is 8.38. The molecule has 0 aromatic heterocycles. The number of nitrogens with zero attached hydrogens (tertiary/aromatic N) is 1. The normalized spacial score (nSPS) is 11.8. The van der Waals surface area contributed by atoms with E-state index in [1.807, 2.05) is 13.0 Å². The highest BCUT2D eigenvalue weighted by Gasteiger charge is 2.05. The third-order valence-electron chi connectivity index (χ3n) is 1.43. The smallest absolute Gasteiger partial charge is 0.176 e. The Hall–Kier alpha value is -0.730. The molecule has 2 nitrogen and oxygen atoms in total. The van der Waals surface area contributed by atoms with Crippen LogP contribution in [0.15, 0.2) is 23.4 Å². The molecule has 0 spiro atoms. The molecule has 0 saturated carbocycles. The van der Waals surface area contributed by atoms with Crippen molar-refractivity contribution < 1.29 is 5.21 Å². The lowest BCUT2D eigenvalue weighted by Crippen LogP contribution is -1.92. The predicted octanol–water partition coefficient (Wildman–Crippen LogP) is 3.02.